The van der Waals surface area contributed by atoms with Gasteiger partial charge in [-0.1, -0.05) is 46.3 Å². The maximum atomic E-state index is 12.1. The normalized spacial score (nSPS) is 51.5. The van der Waals surface area contributed by atoms with Crippen molar-refractivity contribution in [3.8, 4) is 0 Å². The SMILES string of the molecule is CC(C)=CCC[C@](C)(O)[C@]1(C)CC[C@]2(C)C1[C@@H](O)C[C@H]1[C@H]2CC[C@H]2C(C)(C)[C@H](O[C@H]3O[C@H](CO)[C@@H](O)[C@@H](O)[C@H]3O)CC[C@]12C. The van der Waals surface area contributed by atoms with Crippen LogP contribution in [0.5, 0.6) is 0 Å². The molecule has 5 rings (SSSR count). The van der Waals surface area contributed by atoms with Gasteiger partial charge in [-0.05, 0) is 118 Å². The van der Waals surface area contributed by atoms with E-state index in [1.54, 1.807) is 0 Å². The lowest BCUT2D eigenvalue weighted by atomic mass is 9.39. The highest BCUT2D eigenvalue weighted by molar-refractivity contribution is 5.19. The van der Waals surface area contributed by atoms with Gasteiger partial charge < -0.3 is 40.1 Å². The molecule has 0 spiro atoms. The smallest absolute Gasteiger partial charge is 0.186 e. The van der Waals surface area contributed by atoms with E-state index in [4.69, 9.17) is 9.47 Å². The fourth-order valence-electron chi connectivity index (χ4n) is 11.8. The molecule has 1 heterocycles. The highest BCUT2D eigenvalue weighted by Gasteiger charge is 2.70. The zero-order valence-electron chi connectivity index (χ0n) is 28.5. The fraction of sp³-hybridized carbons (Fsp3) is 0.944. The molecule has 0 amide bonds. The third-order valence-electron chi connectivity index (χ3n) is 14.4. The van der Waals surface area contributed by atoms with Gasteiger partial charge in [0.15, 0.2) is 6.29 Å². The van der Waals surface area contributed by atoms with Crippen molar-refractivity contribution in [2.24, 2.45) is 45.3 Å². The molecule has 44 heavy (non-hydrogen) atoms. The minimum atomic E-state index is -1.46. The van der Waals surface area contributed by atoms with Crippen LogP contribution in [0, 0.1) is 45.3 Å². The quantitative estimate of drug-likeness (QED) is 0.182. The van der Waals surface area contributed by atoms with Crippen LogP contribution in [-0.2, 0) is 9.47 Å². The molecular formula is C36H62O8. The van der Waals surface area contributed by atoms with Gasteiger partial charge in [-0.2, -0.15) is 0 Å². The highest BCUT2D eigenvalue weighted by atomic mass is 16.7. The zero-order chi connectivity index (χ0) is 32.6. The van der Waals surface area contributed by atoms with E-state index in [2.05, 4.69) is 54.5 Å². The Bertz CT molecular complexity index is 1070. The van der Waals surface area contributed by atoms with E-state index in [1.807, 2.05) is 6.92 Å². The van der Waals surface area contributed by atoms with E-state index in [-0.39, 0.29) is 33.7 Å². The first-order chi connectivity index (χ1) is 20.3. The lowest BCUT2D eigenvalue weighted by molar-refractivity contribution is -0.330. The topological polar surface area (TPSA) is 140 Å². The van der Waals surface area contributed by atoms with Gasteiger partial charge in [0.1, 0.15) is 24.4 Å². The average Bonchev–Trinajstić information content (AvgIpc) is 3.24. The Morgan fingerprint density at radius 2 is 1.57 bits per heavy atom. The summed E-state index contributed by atoms with van der Waals surface area (Å²) < 4.78 is 12.2. The van der Waals surface area contributed by atoms with Crippen LogP contribution in [-0.4, -0.2) is 85.8 Å². The molecule has 4 saturated carbocycles. The Kier molecular flexibility index (Phi) is 9.35. The van der Waals surface area contributed by atoms with Crippen molar-refractivity contribution in [2.75, 3.05) is 6.61 Å². The molecule has 15 atom stereocenters. The molecule has 1 saturated heterocycles. The summed E-state index contributed by atoms with van der Waals surface area (Å²) in [6, 6.07) is 0. The highest BCUT2D eigenvalue weighted by Crippen LogP contribution is 2.73. The number of hydrogen-bond donors (Lipinski definition) is 6. The maximum Gasteiger partial charge on any atom is 0.186 e. The van der Waals surface area contributed by atoms with Crippen LogP contribution >= 0.6 is 0 Å². The van der Waals surface area contributed by atoms with E-state index in [9.17, 15) is 30.6 Å². The molecule has 8 heteroatoms. The second-order valence-corrected chi connectivity index (χ2v) is 17.3. The number of rotatable bonds is 7. The zero-order valence-corrected chi connectivity index (χ0v) is 28.5. The Hall–Kier alpha value is -0.580. The van der Waals surface area contributed by atoms with Crippen molar-refractivity contribution >= 4 is 0 Å². The molecular weight excluding hydrogens is 560 g/mol. The first-order valence-electron chi connectivity index (χ1n) is 17.3. The predicted molar refractivity (Wildman–Crippen MR) is 168 cm³/mol. The number of aliphatic hydroxyl groups excluding tert-OH is 5. The molecule has 0 aromatic carbocycles. The minimum absolute atomic E-state index is 0.00156. The van der Waals surface area contributed by atoms with Crippen molar-refractivity contribution in [1.82, 2.24) is 0 Å². The summed E-state index contributed by atoms with van der Waals surface area (Å²) in [6.45, 7) is 17.3. The van der Waals surface area contributed by atoms with Gasteiger partial charge in [0.25, 0.3) is 0 Å². The van der Waals surface area contributed by atoms with Crippen LogP contribution in [0.1, 0.15) is 113 Å². The van der Waals surface area contributed by atoms with Crippen molar-refractivity contribution in [2.45, 2.75) is 162 Å². The summed E-state index contributed by atoms with van der Waals surface area (Å²) in [5, 5.41) is 65.0. The molecule has 0 radical (unpaired) electrons. The second kappa shape index (κ2) is 11.8. The van der Waals surface area contributed by atoms with Gasteiger partial charge >= 0.3 is 0 Å². The summed E-state index contributed by atoms with van der Waals surface area (Å²) in [5.41, 5.74) is -0.253. The maximum absolute atomic E-state index is 12.1. The van der Waals surface area contributed by atoms with Gasteiger partial charge in [-0.25, -0.2) is 0 Å². The first kappa shape index (κ1) is 34.7. The number of allylic oxidation sites excluding steroid dienone is 2. The molecule has 0 aromatic rings. The monoisotopic (exact) mass is 622 g/mol. The van der Waals surface area contributed by atoms with Crippen molar-refractivity contribution in [3.05, 3.63) is 11.6 Å². The Labute approximate surface area is 265 Å². The standard InChI is InChI=1S/C36H62O8/c1-20(2)10-9-14-36(8,42)35(7)17-16-34(6)21-11-12-25-32(3,4)26(13-15-33(25,5)22(21)18-23(38)30(34)35)44-31-29(41)28(40)27(39)24(19-37)43-31/h10,21-31,37-42H,9,11-19H2,1-8H3/t21-,22+,23+,24-,25+,26-,27-,28-,29-,30?,31-,33-,34+,35-,36+/m1/s1. The molecule has 4 aliphatic carbocycles. The molecule has 5 aliphatic rings. The summed E-state index contributed by atoms with van der Waals surface area (Å²) in [5.74, 6) is 1.22. The Balaban J connectivity index is 1.36. The van der Waals surface area contributed by atoms with Crippen LogP contribution in [0.3, 0.4) is 0 Å². The average molecular weight is 623 g/mol. The third-order valence-corrected chi connectivity index (χ3v) is 14.4. The largest absolute Gasteiger partial charge is 0.394 e. The van der Waals surface area contributed by atoms with Crippen molar-refractivity contribution in [3.63, 3.8) is 0 Å². The van der Waals surface area contributed by atoms with Gasteiger partial charge in [0, 0.05) is 5.41 Å². The summed E-state index contributed by atoms with van der Waals surface area (Å²) in [6.07, 6.45) is 3.17. The van der Waals surface area contributed by atoms with Crippen LogP contribution in [0.2, 0.25) is 0 Å². The summed E-state index contributed by atoms with van der Waals surface area (Å²) in [7, 11) is 0. The van der Waals surface area contributed by atoms with E-state index < -0.39 is 49.0 Å². The Morgan fingerprint density at radius 1 is 0.886 bits per heavy atom. The number of hydrogen-bond acceptors (Lipinski definition) is 8. The summed E-state index contributed by atoms with van der Waals surface area (Å²) >= 11 is 0. The predicted octanol–water partition coefficient (Wildman–Crippen LogP) is 4.32. The number of fused-ring (bicyclic) bond motifs is 5. The second-order valence-electron chi connectivity index (χ2n) is 17.3. The van der Waals surface area contributed by atoms with Gasteiger partial charge in [0.05, 0.1) is 24.4 Å². The van der Waals surface area contributed by atoms with Crippen LogP contribution in [0.25, 0.3) is 0 Å². The lowest BCUT2D eigenvalue weighted by Gasteiger charge is -2.67. The molecule has 0 bridgehead atoms. The molecule has 8 nitrogen and oxygen atoms in total. The van der Waals surface area contributed by atoms with Crippen LogP contribution in [0.15, 0.2) is 11.6 Å². The third kappa shape index (κ3) is 5.26. The molecule has 1 unspecified atom stereocenters. The van der Waals surface area contributed by atoms with Crippen molar-refractivity contribution < 1.29 is 40.1 Å². The van der Waals surface area contributed by atoms with E-state index in [1.165, 1.54) is 5.57 Å². The molecule has 254 valence electrons. The van der Waals surface area contributed by atoms with Crippen LogP contribution in [0.4, 0.5) is 0 Å². The van der Waals surface area contributed by atoms with E-state index in [0.29, 0.717) is 24.2 Å². The van der Waals surface area contributed by atoms with Crippen LogP contribution < -0.4 is 0 Å². The van der Waals surface area contributed by atoms with E-state index >= 15 is 0 Å². The van der Waals surface area contributed by atoms with E-state index in [0.717, 1.165) is 51.4 Å². The van der Waals surface area contributed by atoms with Gasteiger partial charge in [-0.3, -0.25) is 0 Å². The number of ether oxygens (including phenoxy) is 2. The first-order valence-corrected chi connectivity index (χ1v) is 17.3. The molecule has 0 aromatic heterocycles. The van der Waals surface area contributed by atoms with Crippen molar-refractivity contribution in [1.29, 1.82) is 0 Å². The van der Waals surface area contributed by atoms with Gasteiger partial charge in [-0.15, -0.1) is 0 Å². The Morgan fingerprint density at radius 3 is 2.20 bits per heavy atom. The molecule has 6 N–H and O–H groups in total. The lowest BCUT2D eigenvalue weighted by Crippen LogP contribution is -2.65. The minimum Gasteiger partial charge on any atom is -0.394 e. The number of aliphatic hydroxyl groups is 6. The fourth-order valence-corrected chi connectivity index (χ4v) is 11.8. The van der Waals surface area contributed by atoms with Gasteiger partial charge in [0.2, 0.25) is 0 Å². The summed E-state index contributed by atoms with van der Waals surface area (Å²) in [4.78, 5) is 0. The molecule has 5 fully saturated rings. The molecule has 1 aliphatic heterocycles.